The van der Waals surface area contributed by atoms with Gasteiger partial charge < -0.3 is 23.9 Å². The summed E-state index contributed by atoms with van der Waals surface area (Å²) in [4.78, 5) is 30.0. The van der Waals surface area contributed by atoms with Gasteiger partial charge >= 0.3 is 0 Å². The molecule has 2 aliphatic heterocycles. The van der Waals surface area contributed by atoms with E-state index in [1.165, 1.54) is 0 Å². The Morgan fingerprint density at radius 2 is 1.94 bits per heavy atom. The highest BCUT2D eigenvalue weighted by molar-refractivity contribution is 6.15. The highest BCUT2D eigenvalue weighted by Gasteiger charge is 2.44. The van der Waals surface area contributed by atoms with Crippen LogP contribution in [0.25, 0.3) is 0 Å². The lowest BCUT2D eigenvalue weighted by Gasteiger charge is -2.31. The number of amides is 1. The molecule has 2 aliphatic rings. The molecule has 4 rings (SSSR count). The second kappa shape index (κ2) is 10.0. The molecule has 0 bridgehead atoms. The average Bonchev–Trinajstić information content (AvgIpc) is 3.34. The molecule has 0 radical (unpaired) electrons. The van der Waals surface area contributed by atoms with Gasteiger partial charge in [0.2, 0.25) is 5.78 Å². The molecule has 32 heavy (non-hydrogen) atoms. The van der Waals surface area contributed by atoms with Gasteiger partial charge in [0.15, 0.2) is 11.5 Å². The van der Waals surface area contributed by atoms with Gasteiger partial charge in [0.1, 0.15) is 11.5 Å². The zero-order valence-corrected chi connectivity index (χ0v) is 17.7. The number of furan rings is 1. The molecule has 1 fully saturated rings. The number of aliphatic hydroxyl groups is 1. The zero-order valence-electron chi connectivity index (χ0n) is 17.7. The van der Waals surface area contributed by atoms with Crippen molar-refractivity contribution in [2.24, 2.45) is 0 Å². The van der Waals surface area contributed by atoms with E-state index in [0.717, 1.165) is 13.1 Å². The summed E-state index contributed by atoms with van der Waals surface area (Å²) in [5.74, 6) is -0.322. The maximum absolute atomic E-state index is 13.3. The topological polar surface area (TPSA) is 92.5 Å². The summed E-state index contributed by atoms with van der Waals surface area (Å²) in [6, 6.07) is 9.69. The first-order chi connectivity index (χ1) is 15.0. The highest BCUT2D eigenvalue weighted by atomic mass is 16.5. The van der Waals surface area contributed by atoms with Crippen LogP contribution in [0.5, 0.6) is 5.75 Å². The number of hydrogen-bond donors (Lipinski definition) is 1. The van der Waals surface area contributed by atoms with Gasteiger partial charge in [-0.25, -0.2) is 0 Å². The second-order valence-electron chi connectivity index (χ2n) is 7.63. The minimum Gasteiger partial charge on any atom is -0.503 e. The van der Waals surface area contributed by atoms with Gasteiger partial charge in [-0.3, -0.25) is 14.5 Å². The van der Waals surface area contributed by atoms with Crippen molar-refractivity contribution in [1.82, 2.24) is 9.80 Å². The van der Waals surface area contributed by atoms with E-state index in [9.17, 15) is 14.7 Å². The van der Waals surface area contributed by atoms with E-state index in [-0.39, 0.29) is 18.8 Å². The summed E-state index contributed by atoms with van der Waals surface area (Å²) >= 11 is 0. The summed E-state index contributed by atoms with van der Waals surface area (Å²) in [6.45, 7) is 5.57. The zero-order chi connectivity index (χ0) is 22.0. The molecule has 8 nitrogen and oxygen atoms in total. The van der Waals surface area contributed by atoms with Gasteiger partial charge in [-0.1, -0.05) is 19.6 Å². The molecule has 1 N–H and O–H groups in total. The summed E-state index contributed by atoms with van der Waals surface area (Å²) in [5.41, 5.74) is 0.708. The SMILES string of the molecule is C.COc1cccc(C2C(C(=O)c3ccc(C)o3)=C(O)C(=O)N2CCN2CCOCC2)c1. The largest absolute Gasteiger partial charge is 0.503 e. The van der Waals surface area contributed by atoms with E-state index in [1.54, 1.807) is 49.3 Å². The molecule has 3 heterocycles. The van der Waals surface area contributed by atoms with E-state index in [0.29, 0.717) is 43.4 Å². The van der Waals surface area contributed by atoms with E-state index in [1.807, 2.05) is 6.07 Å². The van der Waals surface area contributed by atoms with Crippen LogP contribution in [0.1, 0.15) is 35.3 Å². The second-order valence-corrected chi connectivity index (χ2v) is 7.63. The lowest BCUT2D eigenvalue weighted by molar-refractivity contribution is -0.129. The molecular weight excluding hydrogens is 412 g/mol. The number of rotatable bonds is 7. The highest BCUT2D eigenvalue weighted by Crippen LogP contribution is 2.39. The maximum atomic E-state index is 13.3. The van der Waals surface area contributed by atoms with E-state index >= 15 is 0 Å². The molecule has 1 saturated heterocycles. The molecule has 172 valence electrons. The van der Waals surface area contributed by atoms with Gasteiger partial charge in [-0.05, 0) is 36.8 Å². The molecule has 1 aromatic carbocycles. The Kier molecular flexibility index (Phi) is 7.37. The van der Waals surface area contributed by atoms with Crippen LogP contribution in [0.4, 0.5) is 0 Å². The molecule has 1 aromatic heterocycles. The molecule has 0 spiro atoms. The molecule has 0 aliphatic carbocycles. The van der Waals surface area contributed by atoms with Crippen LogP contribution in [0.15, 0.2) is 52.1 Å². The number of methoxy groups -OCH3 is 1. The van der Waals surface area contributed by atoms with Crippen molar-refractivity contribution in [1.29, 1.82) is 0 Å². The van der Waals surface area contributed by atoms with Crippen molar-refractivity contribution in [2.75, 3.05) is 46.5 Å². The minimum atomic E-state index is -0.735. The van der Waals surface area contributed by atoms with Gasteiger partial charge in [0.25, 0.3) is 5.91 Å². The van der Waals surface area contributed by atoms with E-state index < -0.39 is 23.5 Å². The first-order valence-corrected chi connectivity index (χ1v) is 10.3. The van der Waals surface area contributed by atoms with E-state index in [2.05, 4.69) is 4.90 Å². The number of nitrogens with zero attached hydrogens (tertiary/aromatic N) is 2. The number of hydrogen-bond acceptors (Lipinski definition) is 7. The number of ketones is 1. The normalized spacial score (nSPS) is 19.2. The van der Waals surface area contributed by atoms with Crippen LogP contribution in [0, 0.1) is 6.92 Å². The molecule has 8 heteroatoms. The van der Waals surface area contributed by atoms with Crippen molar-refractivity contribution in [3.05, 3.63) is 64.8 Å². The van der Waals surface area contributed by atoms with Gasteiger partial charge in [0.05, 0.1) is 31.9 Å². The fraction of sp³-hybridized carbons (Fsp3) is 0.417. The van der Waals surface area contributed by atoms with Crippen LogP contribution < -0.4 is 4.74 Å². The molecular formula is C24H30N2O6. The number of carbonyl (C=O) groups excluding carboxylic acids is 2. The number of ether oxygens (including phenoxy) is 2. The number of aliphatic hydroxyl groups excluding tert-OH is 1. The fourth-order valence-corrected chi connectivity index (χ4v) is 4.04. The third-order valence-electron chi connectivity index (χ3n) is 5.68. The third-order valence-corrected chi connectivity index (χ3v) is 5.68. The number of benzene rings is 1. The average molecular weight is 443 g/mol. The maximum Gasteiger partial charge on any atom is 0.290 e. The van der Waals surface area contributed by atoms with Crippen LogP contribution in [0.3, 0.4) is 0 Å². The monoisotopic (exact) mass is 442 g/mol. The summed E-state index contributed by atoms with van der Waals surface area (Å²) in [7, 11) is 1.56. The number of morpholine rings is 1. The Balaban J connectivity index is 0.00000289. The third kappa shape index (κ3) is 4.56. The first-order valence-electron chi connectivity index (χ1n) is 10.3. The smallest absolute Gasteiger partial charge is 0.290 e. The summed E-state index contributed by atoms with van der Waals surface area (Å²) in [6.07, 6.45) is 0. The van der Waals surface area contributed by atoms with Crippen molar-refractivity contribution in [2.45, 2.75) is 20.4 Å². The predicted octanol–water partition coefficient (Wildman–Crippen LogP) is 3.14. The number of carbonyl (C=O) groups is 2. The molecule has 1 amide bonds. The summed E-state index contributed by atoms with van der Waals surface area (Å²) < 4.78 is 16.2. The quantitative estimate of drug-likeness (QED) is 0.659. The van der Waals surface area contributed by atoms with Crippen molar-refractivity contribution >= 4 is 11.7 Å². The Hall–Kier alpha value is -3.10. The molecule has 2 aromatic rings. The van der Waals surface area contributed by atoms with Gasteiger partial charge in [0, 0.05) is 26.2 Å². The van der Waals surface area contributed by atoms with Crippen LogP contribution in [-0.2, 0) is 9.53 Å². The fourth-order valence-electron chi connectivity index (χ4n) is 4.04. The van der Waals surface area contributed by atoms with Crippen molar-refractivity contribution in [3.8, 4) is 5.75 Å². The van der Waals surface area contributed by atoms with Gasteiger partial charge in [-0.2, -0.15) is 0 Å². The van der Waals surface area contributed by atoms with Crippen LogP contribution in [-0.4, -0.2) is 73.1 Å². The summed E-state index contributed by atoms with van der Waals surface area (Å²) in [5, 5.41) is 10.7. The Morgan fingerprint density at radius 3 is 2.59 bits per heavy atom. The molecule has 0 saturated carbocycles. The first kappa shape index (κ1) is 23.6. The lowest BCUT2D eigenvalue weighted by Crippen LogP contribution is -2.43. The van der Waals surface area contributed by atoms with E-state index in [4.69, 9.17) is 13.9 Å². The van der Waals surface area contributed by atoms with Crippen LogP contribution >= 0.6 is 0 Å². The van der Waals surface area contributed by atoms with Crippen molar-refractivity contribution in [3.63, 3.8) is 0 Å². The number of aryl methyl sites for hydroxylation is 1. The minimum absolute atomic E-state index is 0. The Morgan fingerprint density at radius 1 is 1.19 bits per heavy atom. The molecule has 1 unspecified atom stereocenters. The van der Waals surface area contributed by atoms with Crippen LogP contribution in [0.2, 0.25) is 0 Å². The van der Waals surface area contributed by atoms with Gasteiger partial charge in [-0.15, -0.1) is 0 Å². The Labute approximate surface area is 188 Å². The lowest BCUT2D eigenvalue weighted by atomic mass is 9.95. The standard InChI is InChI=1S/C23H26N2O6.CH4/c1-15-6-7-18(31-15)21(26)19-20(16-4-3-5-17(14-16)29-2)25(23(28)22(19)27)9-8-24-10-12-30-13-11-24;/h3-7,14,20,27H,8-13H2,1-2H3;1H4. The van der Waals surface area contributed by atoms with Crippen molar-refractivity contribution < 1.29 is 28.6 Å². The number of Topliss-reactive ketones (excluding diaryl/α,β-unsaturated/α-hetero) is 1. The Bertz CT molecular complexity index is 1010. The predicted molar refractivity (Wildman–Crippen MR) is 119 cm³/mol. The molecule has 1 atom stereocenters.